The van der Waals surface area contributed by atoms with Gasteiger partial charge in [0.05, 0.1) is 29.5 Å². The molecule has 0 bridgehead atoms. The minimum atomic E-state index is -0.0118. The lowest BCUT2D eigenvalue weighted by molar-refractivity contribution is -0.126. The van der Waals surface area contributed by atoms with E-state index in [4.69, 9.17) is 5.10 Å². The van der Waals surface area contributed by atoms with Gasteiger partial charge in [-0.15, -0.1) is 0 Å². The SMILES string of the molecule is C=CC(=O)N1CCN(c2ccc(-c3cc(-c4cnn(C5CCCCC5)c4)cn4ncc(C#N)c34)cc2)CC1. The molecule has 0 unspecified atom stereocenters. The van der Waals surface area contributed by atoms with Crippen LogP contribution in [0.1, 0.15) is 43.7 Å². The minimum Gasteiger partial charge on any atom is -0.368 e. The minimum absolute atomic E-state index is 0.0118. The molecule has 38 heavy (non-hydrogen) atoms. The van der Waals surface area contributed by atoms with Crippen LogP contribution >= 0.6 is 0 Å². The van der Waals surface area contributed by atoms with E-state index in [-0.39, 0.29) is 5.91 Å². The van der Waals surface area contributed by atoms with E-state index in [2.05, 4.69) is 63.9 Å². The van der Waals surface area contributed by atoms with Crippen molar-refractivity contribution in [1.29, 1.82) is 5.26 Å². The third-order valence-electron chi connectivity index (χ3n) is 7.93. The van der Waals surface area contributed by atoms with Crippen LogP contribution in [0.5, 0.6) is 0 Å². The molecule has 1 saturated heterocycles. The van der Waals surface area contributed by atoms with Crippen molar-refractivity contribution in [1.82, 2.24) is 24.3 Å². The predicted molar refractivity (Wildman–Crippen MR) is 148 cm³/mol. The molecule has 8 nitrogen and oxygen atoms in total. The van der Waals surface area contributed by atoms with Crippen LogP contribution in [0.2, 0.25) is 0 Å². The number of benzene rings is 1. The summed E-state index contributed by atoms with van der Waals surface area (Å²) in [6.45, 7) is 6.53. The van der Waals surface area contributed by atoms with Crippen LogP contribution in [-0.4, -0.2) is 56.4 Å². The molecule has 4 heterocycles. The second kappa shape index (κ2) is 10.2. The van der Waals surface area contributed by atoms with E-state index in [0.717, 1.165) is 46.5 Å². The van der Waals surface area contributed by atoms with Crippen LogP contribution < -0.4 is 4.90 Å². The number of nitriles is 1. The molecule has 0 radical (unpaired) electrons. The zero-order chi connectivity index (χ0) is 26.1. The lowest BCUT2D eigenvalue weighted by Crippen LogP contribution is -2.48. The molecule has 0 N–H and O–H groups in total. The Kier molecular flexibility index (Phi) is 6.42. The van der Waals surface area contributed by atoms with E-state index < -0.39 is 0 Å². The monoisotopic (exact) mass is 505 g/mol. The van der Waals surface area contributed by atoms with Crippen molar-refractivity contribution in [3.63, 3.8) is 0 Å². The van der Waals surface area contributed by atoms with Gasteiger partial charge in [0.2, 0.25) is 5.91 Å². The number of carbonyl (C=O) groups excluding carboxylic acids is 1. The molecule has 6 rings (SSSR count). The Morgan fingerprint density at radius 1 is 0.947 bits per heavy atom. The Hall–Kier alpha value is -4.38. The Morgan fingerprint density at radius 2 is 1.71 bits per heavy atom. The second-order valence-electron chi connectivity index (χ2n) is 10.2. The number of fused-ring (bicyclic) bond motifs is 1. The number of aromatic nitrogens is 4. The first kappa shape index (κ1) is 24.0. The van der Waals surface area contributed by atoms with Crippen molar-refractivity contribution in [2.24, 2.45) is 0 Å². The van der Waals surface area contributed by atoms with E-state index in [1.54, 1.807) is 6.20 Å². The molecule has 1 aliphatic carbocycles. The molecular formula is C30H31N7O. The molecule has 2 aliphatic rings. The first-order chi connectivity index (χ1) is 18.6. The van der Waals surface area contributed by atoms with E-state index in [1.165, 1.54) is 38.2 Å². The van der Waals surface area contributed by atoms with Gasteiger partial charge in [0.25, 0.3) is 0 Å². The van der Waals surface area contributed by atoms with Gasteiger partial charge in [0.1, 0.15) is 6.07 Å². The molecule has 192 valence electrons. The number of pyridine rings is 1. The number of anilines is 1. The number of hydrogen-bond acceptors (Lipinski definition) is 5. The van der Waals surface area contributed by atoms with Crippen molar-refractivity contribution in [3.8, 4) is 28.3 Å². The smallest absolute Gasteiger partial charge is 0.246 e. The summed E-state index contributed by atoms with van der Waals surface area (Å²) in [5.41, 5.74) is 6.55. The number of rotatable bonds is 5. The van der Waals surface area contributed by atoms with Gasteiger partial charge in [-0.2, -0.15) is 15.5 Å². The van der Waals surface area contributed by atoms with E-state index in [0.29, 0.717) is 24.7 Å². The first-order valence-corrected chi connectivity index (χ1v) is 13.4. The van der Waals surface area contributed by atoms with Crippen molar-refractivity contribution in [2.75, 3.05) is 31.1 Å². The third-order valence-corrected chi connectivity index (χ3v) is 7.93. The molecule has 0 spiro atoms. The Bertz CT molecular complexity index is 1510. The summed E-state index contributed by atoms with van der Waals surface area (Å²) < 4.78 is 3.93. The summed E-state index contributed by atoms with van der Waals surface area (Å²) in [5.74, 6) is -0.0118. The van der Waals surface area contributed by atoms with E-state index in [9.17, 15) is 10.1 Å². The number of hydrogen-bond donors (Lipinski definition) is 0. The largest absolute Gasteiger partial charge is 0.368 e. The van der Waals surface area contributed by atoms with Crippen LogP contribution in [0.4, 0.5) is 5.69 Å². The maximum atomic E-state index is 11.9. The normalized spacial score (nSPS) is 16.5. The summed E-state index contributed by atoms with van der Waals surface area (Å²) >= 11 is 0. The van der Waals surface area contributed by atoms with E-state index >= 15 is 0 Å². The van der Waals surface area contributed by atoms with E-state index in [1.807, 2.05) is 21.8 Å². The summed E-state index contributed by atoms with van der Waals surface area (Å²) in [4.78, 5) is 16.0. The fraction of sp³-hybridized carbons (Fsp3) is 0.333. The average molecular weight is 506 g/mol. The standard InChI is InChI=1S/C30H31N7O/c1-2-29(38)35-14-12-34(13-15-35)26-10-8-22(9-11-26)28-16-23(20-37-30(28)24(17-31)18-33-37)25-19-32-36(21-25)27-6-4-3-5-7-27/h2,8-11,16,18-21,27H,1,3-7,12-15H2. The maximum absolute atomic E-state index is 11.9. The molecular weight excluding hydrogens is 474 g/mol. The topological polar surface area (TPSA) is 82.5 Å². The summed E-state index contributed by atoms with van der Waals surface area (Å²) in [5, 5.41) is 19.0. The molecule has 1 saturated carbocycles. The molecule has 1 aromatic carbocycles. The van der Waals surface area contributed by atoms with Gasteiger partial charge in [-0.25, -0.2) is 4.52 Å². The Labute approximate surface area is 222 Å². The molecule has 2 fully saturated rings. The maximum Gasteiger partial charge on any atom is 0.246 e. The fourth-order valence-electron chi connectivity index (χ4n) is 5.78. The summed E-state index contributed by atoms with van der Waals surface area (Å²) in [7, 11) is 0. The Balaban J connectivity index is 1.31. The zero-order valence-electron chi connectivity index (χ0n) is 21.5. The lowest BCUT2D eigenvalue weighted by Gasteiger charge is -2.35. The Morgan fingerprint density at radius 3 is 2.42 bits per heavy atom. The highest BCUT2D eigenvalue weighted by Gasteiger charge is 2.21. The summed E-state index contributed by atoms with van der Waals surface area (Å²) in [6, 6.07) is 13.4. The van der Waals surface area contributed by atoms with Crippen LogP contribution in [0.15, 0.2) is 67.8 Å². The van der Waals surface area contributed by atoms with Crippen molar-refractivity contribution in [2.45, 2.75) is 38.1 Å². The van der Waals surface area contributed by atoms with Crippen LogP contribution in [0.25, 0.3) is 27.8 Å². The highest BCUT2D eigenvalue weighted by atomic mass is 16.2. The highest BCUT2D eigenvalue weighted by molar-refractivity contribution is 5.88. The quantitative estimate of drug-likeness (QED) is 0.354. The van der Waals surface area contributed by atoms with Gasteiger partial charge in [0, 0.05) is 61.0 Å². The number of carbonyl (C=O) groups is 1. The second-order valence-corrected chi connectivity index (χ2v) is 10.2. The van der Waals surface area contributed by atoms with Gasteiger partial charge in [0.15, 0.2) is 0 Å². The molecule has 1 amide bonds. The fourth-order valence-corrected chi connectivity index (χ4v) is 5.78. The molecule has 4 aromatic rings. The predicted octanol–water partition coefficient (Wildman–Crippen LogP) is 5.08. The molecule has 0 atom stereocenters. The van der Waals surface area contributed by atoms with Gasteiger partial charge < -0.3 is 9.80 Å². The van der Waals surface area contributed by atoms with Crippen LogP contribution in [0, 0.1) is 11.3 Å². The molecule has 1 aliphatic heterocycles. The van der Waals surface area contributed by atoms with Gasteiger partial charge in [-0.05, 0) is 42.7 Å². The van der Waals surface area contributed by atoms with Crippen molar-refractivity contribution in [3.05, 3.63) is 73.3 Å². The number of piperazine rings is 1. The molecule has 8 heteroatoms. The zero-order valence-corrected chi connectivity index (χ0v) is 21.5. The number of nitrogens with zero attached hydrogens (tertiary/aromatic N) is 7. The van der Waals surface area contributed by atoms with Crippen molar-refractivity contribution < 1.29 is 4.79 Å². The van der Waals surface area contributed by atoms with Gasteiger partial charge in [-0.3, -0.25) is 9.48 Å². The average Bonchev–Trinajstić information content (AvgIpc) is 3.65. The van der Waals surface area contributed by atoms with Crippen LogP contribution in [0.3, 0.4) is 0 Å². The third kappa shape index (κ3) is 4.45. The number of amides is 1. The lowest BCUT2D eigenvalue weighted by atomic mass is 9.96. The van der Waals surface area contributed by atoms with Gasteiger partial charge in [-0.1, -0.05) is 38.0 Å². The summed E-state index contributed by atoms with van der Waals surface area (Å²) in [6.07, 6.45) is 15.3. The van der Waals surface area contributed by atoms with Crippen LogP contribution in [-0.2, 0) is 4.79 Å². The van der Waals surface area contributed by atoms with Crippen molar-refractivity contribution >= 4 is 17.1 Å². The highest BCUT2D eigenvalue weighted by Crippen LogP contribution is 2.34. The molecule has 3 aromatic heterocycles. The van der Waals surface area contributed by atoms with Gasteiger partial charge >= 0.3 is 0 Å². The first-order valence-electron chi connectivity index (χ1n) is 13.4.